The quantitative estimate of drug-likeness (QED) is 0.667. The molecule has 0 aromatic heterocycles. The van der Waals surface area contributed by atoms with Crippen LogP contribution in [0, 0.1) is 5.41 Å². The van der Waals surface area contributed by atoms with E-state index in [1.54, 1.807) is 0 Å². The number of ketones is 1. The van der Waals surface area contributed by atoms with Crippen molar-refractivity contribution in [3.8, 4) is 0 Å². The highest BCUT2D eigenvalue weighted by molar-refractivity contribution is 6.08. The fraction of sp³-hybridized carbons (Fsp3) is 0.471. The third-order valence-corrected chi connectivity index (χ3v) is 5.51. The first kappa shape index (κ1) is 10.5. The Hall–Kier alpha value is -1.37. The third-order valence-electron chi connectivity index (χ3n) is 5.51. The number of hydrogen-bond acceptors (Lipinski definition) is 1. The van der Waals surface area contributed by atoms with Crippen molar-refractivity contribution in [2.45, 2.75) is 44.4 Å². The van der Waals surface area contributed by atoms with Gasteiger partial charge in [0.1, 0.15) is 0 Å². The highest BCUT2D eigenvalue weighted by Gasteiger charge is 2.54. The summed E-state index contributed by atoms with van der Waals surface area (Å²) < 4.78 is 0. The summed E-state index contributed by atoms with van der Waals surface area (Å²) in [6, 6.07) is 8.28. The Morgan fingerprint density at radius 3 is 2.83 bits per heavy atom. The molecule has 4 rings (SSSR count). The molecule has 0 amide bonds. The second-order valence-electron chi connectivity index (χ2n) is 6.65. The zero-order chi connectivity index (χ0) is 12.4. The fourth-order valence-corrected chi connectivity index (χ4v) is 4.55. The van der Waals surface area contributed by atoms with Gasteiger partial charge in [0.25, 0.3) is 0 Å². The van der Waals surface area contributed by atoms with Gasteiger partial charge in [0.15, 0.2) is 5.78 Å². The molecule has 1 spiro atoms. The lowest BCUT2D eigenvalue weighted by atomic mass is 9.60. The van der Waals surface area contributed by atoms with Gasteiger partial charge < -0.3 is 0 Å². The van der Waals surface area contributed by atoms with Crippen LogP contribution in [0.3, 0.4) is 0 Å². The molecule has 0 N–H and O–H groups in total. The van der Waals surface area contributed by atoms with E-state index >= 15 is 0 Å². The molecule has 3 aliphatic rings. The van der Waals surface area contributed by atoms with E-state index < -0.39 is 0 Å². The van der Waals surface area contributed by atoms with Gasteiger partial charge in [-0.05, 0) is 49.2 Å². The van der Waals surface area contributed by atoms with Crippen LogP contribution in [0.25, 0.3) is 0 Å². The van der Waals surface area contributed by atoms with Crippen molar-refractivity contribution in [2.24, 2.45) is 5.41 Å². The first-order chi connectivity index (χ1) is 8.63. The molecule has 1 aromatic rings. The Balaban J connectivity index is 1.98. The zero-order valence-corrected chi connectivity index (χ0v) is 10.8. The van der Waals surface area contributed by atoms with Crippen molar-refractivity contribution in [2.75, 3.05) is 0 Å². The molecular weight excluding hydrogens is 220 g/mol. The smallest absolute Gasteiger partial charge is 0.186 e. The standard InChI is InChI=1S/C17H18O/c1-16-7-6-12-10-15(18)13-4-2-3-5-14(13)17(12,11-16)9-8-16/h2-5,10H,6-9,11H2,1H3/t16-,17-/m0/s1. The molecule has 1 nitrogen and oxygen atoms in total. The van der Waals surface area contributed by atoms with Gasteiger partial charge in [-0.15, -0.1) is 0 Å². The maximum atomic E-state index is 12.2. The molecule has 2 atom stereocenters. The van der Waals surface area contributed by atoms with Gasteiger partial charge in [0.2, 0.25) is 0 Å². The third kappa shape index (κ3) is 1.15. The second-order valence-corrected chi connectivity index (χ2v) is 6.65. The van der Waals surface area contributed by atoms with Crippen molar-refractivity contribution in [1.82, 2.24) is 0 Å². The van der Waals surface area contributed by atoms with Crippen LogP contribution in [0.15, 0.2) is 35.9 Å². The van der Waals surface area contributed by atoms with Gasteiger partial charge >= 0.3 is 0 Å². The summed E-state index contributed by atoms with van der Waals surface area (Å²) in [4.78, 5) is 12.2. The molecular formula is C17H18O. The van der Waals surface area contributed by atoms with Crippen LogP contribution in [-0.2, 0) is 5.41 Å². The number of fused-ring (bicyclic) bond motifs is 2. The Bertz CT molecular complexity index is 583. The summed E-state index contributed by atoms with van der Waals surface area (Å²) in [7, 11) is 0. The normalized spacial score (nSPS) is 36.9. The topological polar surface area (TPSA) is 17.1 Å². The van der Waals surface area contributed by atoms with E-state index in [9.17, 15) is 4.79 Å². The largest absolute Gasteiger partial charge is 0.289 e. The van der Waals surface area contributed by atoms with Crippen molar-refractivity contribution < 1.29 is 4.79 Å². The molecule has 2 fully saturated rings. The molecule has 0 aliphatic heterocycles. The van der Waals surface area contributed by atoms with Crippen LogP contribution in [0.2, 0.25) is 0 Å². The van der Waals surface area contributed by atoms with E-state index in [1.807, 2.05) is 18.2 Å². The monoisotopic (exact) mass is 238 g/mol. The molecule has 0 heterocycles. The minimum atomic E-state index is 0.206. The summed E-state index contributed by atoms with van der Waals surface area (Å²) in [5.74, 6) is 0.224. The highest BCUT2D eigenvalue weighted by Crippen LogP contribution is 2.62. The van der Waals surface area contributed by atoms with E-state index in [0.717, 1.165) is 12.0 Å². The number of rotatable bonds is 0. The zero-order valence-electron chi connectivity index (χ0n) is 10.8. The second kappa shape index (κ2) is 3.14. The van der Waals surface area contributed by atoms with Crippen LogP contribution in [0.4, 0.5) is 0 Å². The van der Waals surface area contributed by atoms with E-state index in [-0.39, 0.29) is 11.2 Å². The Kier molecular flexibility index (Phi) is 1.84. The van der Waals surface area contributed by atoms with Gasteiger partial charge in [-0.25, -0.2) is 0 Å². The van der Waals surface area contributed by atoms with Gasteiger partial charge in [0, 0.05) is 11.0 Å². The number of benzene rings is 1. The molecule has 2 saturated carbocycles. The molecule has 0 saturated heterocycles. The summed E-state index contributed by atoms with van der Waals surface area (Å²) in [6.07, 6.45) is 8.13. The molecule has 92 valence electrons. The van der Waals surface area contributed by atoms with Gasteiger partial charge in [-0.2, -0.15) is 0 Å². The van der Waals surface area contributed by atoms with Gasteiger partial charge in [0.05, 0.1) is 0 Å². The van der Waals surface area contributed by atoms with Gasteiger partial charge in [-0.3, -0.25) is 4.79 Å². The molecule has 1 heteroatoms. The average Bonchev–Trinajstić information content (AvgIpc) is 2.66. The van der Waals surface area contributed by atoms with Crippen molar-refractivity contribution in [3.63, 3.8) is 0 Å². The van der Waals surface area contributed by atoms with Crippen LogP contribution in [0.1, 0.15) is 54.9 Å². The molecule has 2 bridgehead atoms. The molecule has 3 aliphatic carbocycles. The minimum absolute atomic E-state index is 0.206. The van der Waals surface area contributed by atoms with E-state index in [4.69, 9.17) is 0 Å². The first-order valence-corrected chi connectivity index (χ1v) is 6.98. The summed E-state index contributed by atoms with van der Waals surface area (Å²) >= 11 is 0. The summed E-state index contributed by atoms with van der Waals surface area (Å²) in [5.41, 5.74) is 4.40. The maximum Gasteiger partial charge on any atom is 0.186 e. The first-order valence-electron chi connectivity index (χ1n) is 6.98. The van der Waals surface area contributed by atoms with E-state index in [2.05, 4.69) is 19.1 Å². The predicted molar refractivity (Wildman–Crippen MR) is 71.7 cm³/mol. The summed E-state index contributed by atoms with van der Waals surface area (Å²) in [5, 5.41) is 0. The number of allylic oxidation sites excluding steroid dienone is 2. The Labute approximate surface area is 108 Å². The average molecular weight is 238 g/mol. The van der Waals surface area contributed by atoms with Crippen LogP contribution in [0.5, 0.6) is 0 Å². The number of hydrogen-bond donors (Lipinski definition) is 0. The lowest BCUT2D eigenvalue weighted by Crippen LogP contribution is -2.36. The molecule has 1 aromatic carbocycles. The Morgan fingerprint density at radius 2 is 1.94 bits per heavy atom. The van der Waals surface area contributed by atoms with Crippen molar-refractivity contribution >= 4 is 5.78 Å². The predicted octanol–water partition coefficient (Wildman–Crippen LogP) is 4.03. The number of carbonyl (C=O) groups excluding carboxylic acids is 1. The number of carbonyl (C=O) groups is 1. The highest BCUT2D eigenvalue weighted by atomic mass is 16.1. The van der Waals surface area contributed by atoms with Crippen molar-refractivity contribution in [1.29, 1.82) is 0 Å². The summed E-state index contributed by atoms with van der Waals surface area (Å²) in [6.45, 7) is 2.43. The lowest BCUT2D eigenvalue weighted by molar-refractivity contribution is 0.103. The van der Waals surface area contributed by atoms with Crippen LogP contribution in [-0.4, -0.2) is 5.78 Å². The van der Waals surface area contributed by atoms with E-state index in [0.29, 0.717) is 5.41 Å². The van der Waals surface area contributed by atoms with Gasteiger partial charge in [-0.1, -0.05) is 36.8 Å². The maximum absolute atomic E-state index is 12.2. The Morgan fingerprint density at radius 1 is 1.11 bits per heavy atom. The fourth-order valence-electron chi connectivity index (χ4n) is 4.55. The SMILES string of the molecule is C[C@]12CCC3=CC(=O)c4ccccc4[C@@]3(CC1)C2. The minimum Gasteiger partial charge on any atom is -0.289 e. The lowest BCUT2D eigenvalue weighted by Gasteiger charge is -2.43. The molecule has 0 unspecified atom stereocenters. The van der Waals surface area contributed by atoms with Crippen LogP contribution >= 0.6 is 0 Å². The van der Waals surface area contributed by atoms with Crippen LogP contribution < -0.4 is 0 Å². The van der Waals surface area contributed by atoms with E-state index in [1.165, 1.54) is 36.8 Å². The molecule has 18 heavy (non-hydrogen) atoms. The molecule has 0 radical (unpaired) electrons. The van der Waals surface area contributed by atoms with Crippen molar-refractivity contribution in [3.05, 3.63) is 47.0 Å².